The molecule has 1 atom stereocenters. The Morgan fingerprint density at radius 3 is 2.95 bits per heavy atom. The second kappa shape index (κ2) is 6.18. The molecule has 1 saturated heterocycles. The van der Waals surface area contributed by atoms with E-state index < -0.39 is 0 Å². The van der Waals surface area contributed by atoms with Gasteiger partial charge in [-0.3, -0.25) is 0 Å². The summed E-state index contributed by atoms with van der Waals surface area (Å²) in [5, 5.41) is 11.7. The molecular weight excluding hydrogens is 269 g/mol. The molecule has 1 fully saturated rings. The van der Waals surface area contributed by atoms with Gasteiger partial charge in [0.1, 0.15) is 5.82 Å². The van der Waals surface area contributed by atoms with E-state index in [0.717, 1.165) is 43.1 Å². The molecule has 5 heteroatoms. The number of aromatic nitrogens is 2. The lowest BCUT2D eigenvalue weighted by atomic mass is 10.1. The number of rotatable bonds is 4. The third kappa shape index (κ3) is 3.36. The van der Waals surface area contributed by atoms with Crippen molar-refractivity contribution >= 4 is 5.82 Å². The number of halogens is 1. The van der Waals surface area contributed by atoms with Crippen LogP contribution < -0.4 is 5.32 Å². The summed E-state index contributed by atoms with van der Waals surface area (Å²) in [5.74, 6) is 1.05. The van der Waals surface area contributed by atoms with E-state index in [0.29, 0.717) is 11.6 Å². The lowest BCUT2D eigenvalue weighted by molar-refractivity contribution is 0.187. The fourth-order valence-electron chi connectivity index (χ4n) is 2.43. The van der Waals surface area contributed by atoms with E-state index in [2.05, 4.69) is 15.5 Å². The topological polar surface area (TPSA) is 47.0 Å². The second-order valence-electron chi connectivity index (χ2n) is 5.38. The first-order valence-electron chi connectivity index (χ1n) is 7.14. The zero-order chi connectivity index (χ0) is 14.7. The van der Waals surface area contributed by atoms with Crippen molar-refractivity contribution < 1.29 is 9.13 Å². The fourth-order valence-corrected chi connectivity index (χ4v) is 2.43. The summed E-state index contributed by atoms with van der Waals surface area (Å²) >= 11 is 0. The number of hydrogen-bond donors (Lipinski definition) is 1. The van der Waals surface area contributed by atoms with E-state index in [1.165, 1.54) is 12.1 Å². The smallest absolute Gasteiger partial charge is 0.151 e. The van der Waals surface area contributed by atoms with Gasteiger partial charge in [-0.05, 0) is 37.1 Å². The lowest BCUT2D eigenvalue weighted by Crippen LogP contribution is -2.16. The summed E-state index contributed by atoms with van der Waals surface area (Å²) in [7, 11) is 0. The van der Waals surface area contributed by atoms with Crippen LogP contribution in [-0.4, -0.2) is 30.0 Å². The van der Waals surface area contributed by atoms with Crippen molar-refractivity contribution in [3.63, 3.8) is 0 Å². The van der Waals surface area contributed by atoms with Crippen LogP contribution >= 0.6 is 0 Å². The Hall–Kier alpha value is -2.01. The molecule has 1 aliphatic heterocycles. The molecule has 1 N–H and O–H groups in total. The molecular formula is C16H18FN3O. The molecule has 0 spiro atoms. The van der Waals surface area contributed by atoms with Gasteiger partial charge >= 0.3 is 0 Å². The zero-order valence-corrected chi connectivity index (χ0v) is 12.0. The van der Waals surface area contributed by atoms with Gasteiger partial charge in [-0.2, -0.15) is 0 Å². The van der Waals surface area contributed by atoms with E-state index in [4.69, 9.17) is 4.74 Å². The van der Waals surface area contributed by atoms with Crippen LogP contribution in [0.3, 0.4) is 0 Å². The van der Waals surface area contributed by atoms with Gasteiger partial charge in [0.25, 0.3) is 0 Å². The molecule has 2 aromatic rings. The summed E-state index contributed by atoms with van der Waals surface area (Å²) in [5.41, 5.74) is 2.42. The summed E-state index contributed by atoms with van der Waals surface area (Å²) in [6.07, 6.45) is 1.08. The molecule has 0 bridgehead atoms. The Balaban J connectivity index is 1.73. The van der Waals surface area contributed by atoms with Crippen molar-refractivity contribution in [3.05, 3.63) is 41.7 Å². The van der Waals surface area contributed by atoms with Crippen molar-refractivity contribution in [2.24, 2.45) is 5.92 Å². The lowest BCUT2D eigenvalue weighted by Gasteiger charge is -2.12. The predicted octanol–water partition coefficient (Wildman–Crippen LogP) is 3.04. The van der Waals surface area contributed by atoms with Crippen LogP contribution in [0.5, 0.6) is 0 Å². The van der Waals surface area contributed by atoms with Crippen LogP contribution in [0.2, 0.25) is 0 Å². The maximum absolute atomic E-state index is 13.3. The highest BCUT2D eigenvalue weighted by atomic mass is 19.1. The molecule has 0 aliphatic carbocycles. The third-order valence-corrected chi connectivity index (χ3v) is 3.69. The minimum Gasteiger partial charge on any atom is -0.381 e. The van der Waals surface area contributed by atoms with Gasteiger partial charge in [0, 0.05) is 24.6 Å². The number of benzene rings is 1. The molecule has 21 heavy (non-hydrogen) atoms. The Morgan fingerprint density at radius 1 is 1.33 bits per heavy atom. The summed E-state index contributed by atoms with van der Waals surface area (Å²) in [6.45, 7) is 4.47. The van der Waals surface area contributed by atoms with Crippen LogP contribution in [0.4, 0.5) is 10.2 Å². The quantitative estimate of drug-likeness (QED) is 0.939. The maximum Gasteiger partial charge on any atom is 0.151 e. The molecule has 110 valence electrons. The highest BCUT2D eigenvalue weighted by Gasteiger charge is 2.16. The summed E-state index contributed by atoms with van der Waals surface area (Å²) in [4.78, 5) is 0. The average Bonchev–Trinajstić information content (AvgIpc) is 2.99. The average molecular weight is 287 g/mol. The molecule has 1 aromatic carbocycles. The van der Waals surface area contributed by atoms with Gasteiger partial charge in [-0.15, -0.1) is 10.2 Å². The monoisotopic (exact) mass is 287 g/mol. The number of nitrogens with zero attached hydrogens (tertiary/aromatic N) is 2. The molecule has 0 radical (unpaired) electrons. The molecule has 0 saturated carbocycles. The first kappa shape index (κ1) is 13.9. The normalized spacial score (nSPS) is 17.9. The largest absolute Gasteiger partial charge is 0.381 e. The van der Waals surface area contributed by atoms with Crippen LogP contribution in [0.25, 0.3) is 11.3 Å². The Morgan fingerprint density at radius 2 is 2.24 bits per heavy atom. The molecule has 0 unspecified atom stereocenters. The molecule has 2 heterocycles. The van der Waals surface area contributed by atoms with Gasteiger partial charge in [0.2, 0.25) is 0 Å². The first-order valence-corrected chi connectivity index (χ1v) is 7.14. The van der Waals surface area contributed by atoms with Crippen molar-refractivity contribution in [2.75, 3.05) is 25.1 Å². The predicted molar refractivity (Wildman–Crippen MR) is 79.6 cm³/mol. The van der Waals surface area contributed by atoms with Gasteiger partial charge in [-0.25, -0.2) is 4.39 Å². The van der Waals surface area contributed by atoms with E-state index in [9.17, 15) is 4.39 Å². The number of ether oxygens (including phenoxy) is 1. The zero-order valence-electron chi connectivity index (χ0n) is 12.0. The fraction of sp³-hybridized carbons (Fsp3) is 0.375. The second-order valence-corrected chi connectivity index (χ2v) is 5.38. The van der Waals surface area contributed by atoms with Gasteiger partial charge in [-0.1, -0.05) is 12.1 Å². The Kier molecular flexibility index (Phi) is 4.10. The number of aryl methyl sites for hydroxylation is 1. The number of hydrogen-bond acceptors (Lipinski definition) is 4. The van der Waals surface area contributed by atoms with Crippen LogP contribution in [0.1, 0.15) is 12.0 Å². The maximum atomic E-state index is 13.3. The molecule has 1 aromatic heterocycles. The molecule has 0 amide bonds. The van der Waals surface area contributed by atoms with Crippen molar-refractivity contribution in [1.29, 1.82) is 0 Å². The van der Waals surface area contributed by atoms with E-state index in [1.807, 2.05) is 19.1 Å². The van der Waals surface area contributed by atoms with E-state index in [1.54, 1.807) is 6.07 Å². The molecule has 1 aliphatic rings. The first-order chi connectivity index (χ1) is 10.2. The standard InChI is InChI=1S/C16H18FN3O/c1-11-7-15(13-3-2-4-14(17)8-13)19-20-16(11)18-9-12-5-6-21-10-12/h2-4,7-8,12H,5-6,9-10H2,1H3,(H,18,20)/t12-/m1/s1. The van der Waals surface area contributed by atoms with Crippen LogP contribution in [0, 0.1) is 18.7 Å². The molecule has 3 rings (SSSR count). The van der Waals surface area contributed by atoms with Gasteiger partial charge < -0.3 is 10.1 Å². The highest BCUT2D eigenvalue weighted by Crippen LogP contribution is 2.21. The van der Waals surface area contributed by atoms with E-state index >= 15 is 0 Å². The van der Waals surface area contributed by atoms with Crippen molar-refractivity contribution in [2.45, 2.75) is 13.3 Å². The van der Waals surface area contributed by atoms with Gasteiger partial charge in [0.15, 0.2) is 5.82 Å². The van der Waals surface area contributed by atoms with Crippen molar-refractivity contribution in [1.82, 2.24) is 10.2 Å². The minimum absolute atomic E-state index is 0.268. The molecule has 4 nitrogen and oxygen atoms in total. The third-order valence-electron chi connectivity index (χ3n) is 3.69. The summed E-state index contributed by atoms with van der Waals surface area (Å²) < 4.78 is 18.6. The number of nitrogens with one attached hydrogen (secondary N) is 1. The van der Waals surface area contributed by atoms with Gasteiger partial charge in [0.05, 0.1) is 12.3 Å². The minimum atomic E-state index is -0.268. The Labute approximate surface area is 123 Å². The van der Waals surface area contributed by atoms with E-state index in [-0.39, 0.29) is 5.82 Å². The van der Waals surface area contributed by atoms with Crippen LogP contribution in [0.15, 0.2) is 30.3 Å². The number of anilines is 1. The summed E-state index contributed by atoms with van der Waals surface area (Å²) in [6, 6.07) is 8.31. The Bertz CT molecular complexity index is 627. The SMILES string of the molecule is Cc1cc(-c2cccc(F)c2)nnc1NC[C@H]1CCOC1. The highest BCUT2D eigenvalue weighted by molar-refractivity contribution is 5.61. The van der Waals surface area contributed by atoms with Crippen LogP contribution in [-0.2, 0) is 4.74 Å². The van der Waals surface area contributed by atoms with Crippen molar-refractivity contribution in [3.8, 4) is 11.3 Å².